The van der Waals surface area contributed by atoms with Crippen molar-refractivity contribution in [2.45, 2.75) is 20.4 Å². The largest absolute Gasteiger partial charge is 0.397 e. The Bertz CT molecular complexity index is 620. The number of hydrogen-bond acceptors (Lipinski definition) is 3. The summed E-state index contributed by atoms with van der Waals surface area (Å²) < 4.78 is 1.87. The van der Waals surface area contributed by atoms with Gasteiger partial charge in [0.25, 0.3) is 0 Å². The molecule has 0 amide bonds. The van der Waals surface area contributed by atoms with Crippen LogP contribution in [0, 0.1) is 13.8 Å². The second-order valence-electron chi connectivity index (χ2n) is 4.48. The molecule has 2 rings (SSSR count). The molecule has 6 heteroatoms. The van der Waals surface area contributed by atoms with E-state index in [0.717, 1.165) is 22.6 Å². The Labute approximate surface area is 122 Å². The van der Waals surface area contributed by atoms with Crippen molar-refractivity contribution in [3.8, 4) is 0 Å². The van der Waals surface area contributed by atoms with E-state index in [0.29, 0.717) is 22.3 Å². The van der Waals surface area contributed by atoms with Crippen LogP contribution in [0.1, 0.15) is 17.0 Å². The van der Waals surface area contributed by atoms with E-state index in [9.17, 15) is 0 Å². The third-order valence-electron chi connectivity index (χ3n) is 3.21. The van der Waals surface area contributed by atoms with Crippen LogP contribution >= 0.6 is 23.2 Å². The van der Waals surface area contributed by atoms with Crippen LogP contribution in [0.5, 0.6) is 0 Å². The number of hydrogen-bond donors (Lipinski definition) is 2. The maximum Gasteiger partial charge on any atom is 0.0646 e. The van der Waals surface area contributed by atoms with Gasteiger partial charge in [-0.25, -0.2) is 0 Å². The van der Waals surface area contributed by atoms with Gasteiger partial charge in [-0.2, -0.15) is 5.10 Å². The summed E-state index contributed by atoms with van der Waals surface area (Å²) in [5.41, 5.74) is 10.6. The van der Waals surface area contributed by atoms with E-state index < -0.39 is 0 Å². The van der Waals surface area contributed by atoms with E-state index >= 15 is 0 Å². The molecule has 0 aliphatic rings. The highest BCUT2D eigenvalue weighted by Gasteiger charge is 2.10. The van der Waals surface area contributed by atoms with Crippen molar-refractivity contribution in [2.75, 3.05) is 11.1 Å². The van der Waals surface area contributed by atoms with Gasteiger partial charge < -0.3 is 11.1 Å². The minimum Gasteiger partial charge on any atom is -0.397 e. The molecular weight excluding hydrogens is 283 g/mol. The molecule has 0 aliphatic heterocycles. The number of benzene rings is 1. The van der Waals surface area contributed by atoms with E-state index in [4.69, 9.17) is 28.9 Å². The fourth-order valence-corrected chi connectivity index (χ4v) is 2.31. The fraction of sp³-hybridized carbons (Fsp3) is 0.308. The van der Waals surface area contributed by atoms with Crippen molar-refractivity contribution in [1.29, 1.82) is 0 Å². The molecule has 2 aromatic rings. The molecule has 0 radical (unpaired) electrons. The Morgan fingerprint density at radius 1 is 1.26 bits per heavy atom. The molecule has 19 heavy (non-hydrogen) atoms. The van der Waals surface area contributed by atoms with Gasteiger partial charge in [0, 0.05) is 24.8 Å². The van der Waals surface area contributed by atoms with Crippen molar-refractivity contribution in [2.24, 2.45) is 7.05 Å². The zero-order valence-electron chi connectivity index (χ0n) is 11.1. The molecule has 1 aromatic carbocycles. The molecule has 0 saturated heterocycles. The summed E-state index contributed by atoms with van der Waals surface area (Å²) in [5, 5.41) is 8.59. The van der Waals surface area contributed by atoms with E-state index in [1.807, 2.05) is 25.6 Å². The number of aromatic nitrogens is 2. The maximum absolute atomic E-state index is 5.99. The summed E-state index contributed by atoms with van der Waals surface area (Å²) in [4.78, 5) is 0. The molecule has 0 aliphatic carbocycles. The van der Waals surface area contributed by atoms with E-state index in [-0.39, 0.29) is 0 Å². The first-order valence-corrected chi connectivity index (χ1v) is 6.63. The molecule has 102 valence electrons. The molecule has 3 N–H and O–H groups in total. The van der Waals surface area contributed by atoms with Crippen LogP contribution in [0.15, 0.2) is 12.1 Å². The molecular formula is C13H16Cl2N4. The molecule has 0 saturated carbocycles. The number of anilines is 2. The highest BCUT2D eigenvalue weighted by atomic mass is 35.5. The first kappa shape index (κ1) is 14.0. The lowest BCUT2D eigenvalue weighted by molar-refractivity contribution is 0.730. The van der Waals surface area contributed by atoms with Gasteiger partial charge in [0.2, 0.25) is 0 Å². The molecule has 0 fully saturated rings. The van der Waals surface area contributed by atoms with Crippen LogP contribution in [-0.2, 0) is 13.6 Å². The predicted molar refractivity (Wildman–Crippen MR) is 80.9 cm³/mol. The standard InChI is InChI=1S/C13H16Cl2N4/c1-7-9(8(2)19(3)18-7)6-17-13-5-11(15)10(14)4-12(13)16/h4-5,17H,6,16H2,1-3H3. The van der Waals surface area contributed by atoms with Gasteiger partial charge in [-0.15, -0.1) is 0 Å². The van der Waals surface area contributed by atoms with Crippen molar-refractivity contribution < 1.29 is 0 Å². The lowest BCUT2D eigenvalue weighted by atomic mass is 10.2. The van der Waals surface area contributed by atoms with Crippen LogP contribution < -0.4 is 11.1 Å². The van der Waals surface area contributed by atoms with Crippen LogP contribution in [0.2, 0.25) is 10.0 Å². The summed E-state index contributed by atoms with van der Waals surface area (Å²) in [6.07, 6.45) is 0. The zero-order valence-corrected chi connectivity index (χ0v) is 12.6. The average molecular weight is 299 g/mol. The fourth-order valence-electron chi connectivity index (χ4n) is 1.97. The molecule has 0 bridgehead atoms. The Balaban J connectivity index is 2.21. The Morgan fingerprint density at radius 2 is 1.89 bits per heavy atom. The number of nitrogens with two attached hydrogens (primary N) is 1. The van der Waals surface area contributed by atoms with Gasteiger partial charge >= 0.3 is 0 Å². The molecule has 0 unspecified atom stereocenters. The topological polar surface area (TPSA) is 55.9 Å². The number of aryl methyl sites for hydroxylation is 2. The van der Waals surface area contributed by atoms with Crippen LogP contribution in [-0.4, -0.2) is 9.78 Å². The summed E-state index contributed by atoms with van der Waals surface area (Å²) >= 11 is 11.9. The number of halogens is 2. The Hall–Kier alpha value is -1.39. The third kappa shape index (κ3) is 2.80. The van der Waals surface area contributed by atoms with Crippen molar-refractivity contribution in [3.63, 3.8) is 0 Å². The Morgan fingerprint density at radius 3 is 2.47 bits per heavy atom. The molecule has 0 atom stereocenters. The number of nitrogens with zero attached hydrogens (tertiary/aromatic N) is 2. The molecule has 1 heterocycles. The van der Waals surface area contributed by atoms with Crippen molar-refractivity contribution in [1.82, 2.24) is 9.78 Å². The van der Waals surface area contributed by atoms with Gasteiger partial charge in [-0.3, -0.25) is 4.68 Å². The molecule has 4 nitrogen and oxygen atoms in total. The zero-order chi connectivity index (χ0) is 14.2. The van der Waals surface area contributed by atoms with Crippen LogP contribution in [0.25, 0.3) is 0 Å². The predicted octanol–water partition coefficient (Wildman–Crippen LogP) is 3.54. The minimum absolute atomic E-state index is 0.457. The monoisotopic (exact) mass is 298 g/mol. The highest BCUT2D eigenvalue weighted by Crippen LogP contribution is 2.31. The van der Waals surface area contributed by atoms with Crippen molar-refractivity contribution >= 4 is 34.6 Å². The normalized spacial score (nSPS) is 10.8. The van der Waals surface area contributed by atoms with Crippen molar-refractivity contribution in [3.05, 3.63) is 39.1 Å². The first-order chi connectivity index (χ1) is 8.90. The van der Waals surface area contributed by atoms with E-state index in [1.165, 1.54) is 0 Å². The maximum atomic E-state index is 5.99. The minimum atomic E-state index is 0.457. The number of nitrogen functional groups attached to an aromatic ring is 1. The summed E-state index contributed by atoms with van der Waals surface area (Å²) in [6, 6.07) is 3.38. The van der Waals surface area contributed by atoms with Gasteiger partial charge in [0.05, 0.1) is 27.1 Å². The Kier molecular flexibility index (Phi) is 3.92. The SMILES string of the molecule is Cc1nn(C)c(C)c1CNc1cc(Cl)c(Cl)cc1N. The van der Waals surface area contributed by atoms with Gasteiger partial charge in [0.1, 0.15) is 0 Å². The smallest absolute Gasteiger partial charge is 0.0646 e. The van der Waals surface area contributed by atoms with Crippen LogP contribution in [0.4, 0.5) is 11.4 Å². The second kappa shape index (κ2) is 5.31. The van der Waals surface area contributed by atoms with E-state index in [1.54, 1.807) is 12.1 Å². The molecule has 0 spiro atoms. The quantitative estimate of drug-likeness (QED) is 0.852. The summed E-state index contributed by atoms with van der Waals surface area (Å²) in [6.45, 7) is 4.67. The van der Waals surface area contributed by atoms with Gasteiger partial charge in [-0.05, 0) is 26.0 Å². The lowest BCUT2D eigenvalue weighted by Crippen LogP contribution is -2.04. The summed E-state index contributed by atoms with van der Waals surface area (Å²) in [5.74, 6) is 0. The highest BCUT2D eigenvalue weighted by molar-refractivity contribution is 6.42. The lowest BCUT2D eigenvalue weighted by Gasteiger charge is -2.11. The van der Waals surface area contributed by atoms with Gasteiger partial charge in [-0.1, -0.05) is 23.2 Å². The van der Waals surface area contributed by atoms with Crippen LogP contribution in [0.3, 0.4) is 0 Å². The summed E-state index contributed by atoms with van der Waals surface area (Å²) in [7, 11) is 1.93. The average Bonchev–Trinajstić information content (AvgIpc) is 2.57. The van der Waals surface area contributed by atoms with E-state index in [2.05, 4.69) is 10.4 Å². The molecule has 1 aromatic heterocycles. The number of rotatable bonds is 3. The number of nitrogens with one attached hydrogen (secondary N) is 1. The third-order valence-corrected chi connectivity index (χ3v) is 3.93. The second-order valence-corrected chi connectivity index (χ2v) is 5.29. The first-order valence-electron chi connectivity index (χ1n) is 5.87. The van der Waals surface area contributed by atoms with Gasteiger partial charge in [0.15, 0.2) is 0 Å².